The first-order valence-corrected chi connectivity index (χ1v) is 7.40. The lowest BCUT2D eigenvalue weighted by molar-refractivity contribution is 0.0702. The van der Waals surface area contributed by atoms with E-state index in [1.54, 1.807) is 6.07 Å². The minimum atomic E-state index is -0.236. The molecule has 2 heterocycles. The molecule has 5 heteroatoms. The summed E-state index contributed by atoms with van der Waals surface area (Å²) in [5.74, 6) is 0. The summed E-state index contributed by atoms with van der Waals surface area (Å²) >= 11 is 13.5. The third kappa shape index (κ3) is 2.43. The number of carbonyl (C=O) groups is 1. The molecule has 0 bridgehead atoms. The molecule has 98 valence electrons. The Bertz CT molecular complexity index is 636. The normalized spacial score (nSPS) is 18.1. The lowest BCUT2D eigenvalue weighted by Crippen LogP contribution is -2.17. The highest BCUT2D eigenvalue weighted by atomic mass is 35.5. The highest BCUT2D eigenvalue weighted by molar-refractivity contribution is 7.17. The van der Waals surface area contributed by atoms with Crippen molar-refractivity contribution in [1.82, 2.24) is 0 Å². The van der Waals surface area contributed by atoms with E-state index in [2.05, 4.69) is 0 Å². The van der Waals surface area contributed by atoms with E-state index >= 15 is 0 Å². The SMILES string of the molecule is O=Cc1cc(C2OCCc3ccc(Cl)cc32)c(Cl)s1. The molecule has 0 spiro atoms. The number of hydrogen-bond acceptors (Lipinski definition) is 3. The summed E-state index contributed by atoms with van der Waals surface area (Å²) in [6.45, 7) is 0.641. The molecule has 0 amide bonds. The molecule has 1 aliphatic heterocycles. The first-order chi connectivity index (χ1) is 9.19. The predicted molar refractivity (Wildman–Crippen MR) is 77.7 cm³/mol. The van der Waals surface area contributed by atoms with Crippen LogP contribution >= 0.6 is 34.5 Å². The summed E-state index contributed by atoms with van der Waals surface area (Å²) < 4.78 is 6.43. The largest absolute Gasteiger partial charge is 0.368 e. The van der Waals surface area contributed by atoms with Crippen molar-refractivity contribution >= 4 is 40.8 Å². The standard InChI is InChI=1S/C14H10Cl2O2S/c15-9-2-1-8-3-4-18-13(11(8)5-9)12-6-10(7-17)19-14(12)16/h1-2,5-7,13H,3-4H2. The highest BCUT2D eigenvalue weighted by Crippen LogP contribution is 2.40. The minimum Gasteiger partial charge on any atom is -0.368 e. The number of rotatable bonds is 2. The average molecular weight is 313 g/mol. The van der Waals surface area contributed by atoms with E-state index in [0.717, 1.165) is 23.8 Å². The van der Waals surface area contributed by atoms with Gasteiger partial charge in [-0.2, -0.15) is 0 Å². The van der Waals surface area contributed by atoms with Crippen molar-refractivity contribution in [2.24, 2.45) is 0 Å². The van der Waals surface area contributed by atoms with Gasteiger partial charge in [-0.25, -0.2) is 0 Å². The van der Waals surface area contributed by atoms with Crippen molar-refractivity contribution in [1.29, 1.82) is 0 Å². The Labute approximate surface area is 124 Å². The van der Waals surface area contributed by atoms with Crippen molar-refractivity contribution < 1.29 is 9.53 Å². The minimum absolute atomic E-state index is 0.236. The van der Waals surface area contributed by atoms with Crippen molar-refractivity contribution in [3.05, 3.63) is 55.2 Å². The maximum Gasteiger partial charge on any atom is 0.160 e. The molecule has 0 saturated carbocycles. The van der Waals surface area contributed by atoms with Crippen LogP contribution in [0.3, 0.4) is 0 Å². The van der Waals surface area contributed by atoms with E-state index in [-0.39, 0.29) is 6.10 Å². The van der Waals surface area contributed by atoms with Gasteiger partial charge in [0, 0.05) is 10.6 Å². The van der Waals surface area contributed by atoms with Gasteiger partial charge in [0.15, 0.2) is 6.29 Å². The Balaban J connectivity index is 2.09. The molecule has 2 nitrogen and oxygen atoms in total. The Hall–Kier alpha value is -0.870. The van der Waals surface area contributed by atoms with Gasteiger partial charge in [-0.3, -0.25) is 4.79 Å². The lowest BCUT2D eigenvalue weighted by atomic mass is 9.94. The van der Waals surface area contributed by atoms with Gasteiger partial charge >= 0.3 is 0 Å². The molecule has 3 rings (SSSR count). The quantitative estimate of drug-likeness (QED) is 0.762. The van der Waals surface area contributed by atoms with Crippen LogP contribution < -0.4 is 0 Å². The zero-order chi connectivity index (χ0) is 13.4. The predicted octanol–water partition coefficient (Wildman–Crippen LogP) is 4.53. The van der Waals surface area contributed by atoms with E-state index in [1.807, 2.05) is 18.2 Å². The molecular formula is C14H10Cl2O2S. The van der Waals surface area contributed by atoms with E-state index in [1.165, 1.54) is 16.9 Å². The first kappa shape index (κ1) is 13.1. The lowest BCUT2D eigenvalue weighted by Gasteiger charge is -2.26. The molecule has 0 radical (unpaired) electrons. The van der Waals surface area contributed by atoms with Crippen molar-refractivity contribution in [3.63, 3.8) is 0 Å². The molecule has 1 aromatic heterocycles. The summed E-state index contributed by atoms with van der Waals surface area (Å²) in [5.41, 5.74) is 3.10. The molecule has 19 heavy (non-hydrogen) atoms. The molecule has 0 aliphatic carbocycles. The van der Waals surface area contributed by atoms with Crippen LogP contribution in [0, 0.1) is 0 Å². The number of aldehydes is 1. The number of halogens is 2. The fourth-order valence-corrected chi connectivity index (χ4v) is 3.64. The zero-order valence-corrected chi connectivity index (χ0v) is 12.2. The second kappa shape index (κ2) is 5.25. The zero-order valence-electron chi connectivity index (χ0n) is 9.86. The highest BCUT2D eigenvalue weighted by Gasteiger charge is 2.26. The number of fused-ring (bicyclic) bond motifs is 1. The van der Waals surface area contributed by atoms with Crippen LogP contribution in [0.25, 0.3) is 0 Å². The van der Waals surface area contributed by atoms with Gasteiger partial charge in [0.05, 0.1) is 15.8 Å². The third-order valence-corrected chi connectivity index (χ3v) is 4.73. The van der Waals surface area contributed by atoms with Gasteiger partial charge in [-0.1, -0.05) is 29.3 Å². The number of ether oxygens (including phenoxy) is 1. The van der Waals surface area contributed by atoms with Crippen molar-refractivity contribution in [2.75, 3.05) is 6.61 Å². The molecule has 1 aliphatic rings. The Morgan fingerprint density at radius 1 is 1.26 bits per heavy atom. The van der Waals surface area contributed by atoms with E-state index < -0.39 is 0 Å². The fourth-order valence-electron chi connectivity index (χ4n) is 2.31. The van der Waals surface area contributed by atoms with Crippen LogP contribution in [-0.2, 0) is 11.2 Å². The molecule has 1 aromatic carbocycles. The number of thiophene rings is 1. The van der Waals surface area contributed by atoms with E-state index in [9.17, 15) is 4.79 Å². The van der Waals surface area contributed by atoms with E-state index in [0.29, 0.717) is 20.8 Å². The van der Waals surface area contributed by atoms with Gasteiger partial charge < -0.3 is 4.74 Å². The molecule has 1 atom stereocenters. The van der Waals surface area contributed by atoms with Gasteiger partial charge in [-0.05, 0) is 35.7 Å². The molecular weight excluding hydrogens is 303 g/mol. The van der Waals surface area contributed by atoms with Crippen LogP contribution in [0.15, 0.2) is 24.3 Å². The second-order valence-corrected chi connectivity index (χ2v) is 6.46. The first-order valence-electron chi connectivity index (χ1n) is 5.83. The topological polar surface area (TPSA) is 26.3 Å². The summed E-state index contributed by atoms with van der Waals surface area (Å²) in [6, 6.07) is 7.61. The van der Waals surface area contributed by atoms with Crippen molar-refractivity contribution in [3.8, 4) is 0 Å². The van der Waals surface area contributed by atoms with Gasteiger partial charge in [0.25, 0.3) is 0 Å². The van der Waals surface area contributed by atoms with Crippen LogP contribution in [0.1, 0.15) is 32.5 Å². The molecule has 0 fully saturated rings. The number of carbonyl (C=O) groups excluding carboxylic acids is 1. The monoisotopic (exact) mass is 312 g/mol. The van der Waals surface area contributed by atoms with Crippen molar-refractivity contribution in [2.45, 2.75) is 12.5 Å². The maximum absolute atomic E-state index is 10.8. The maximum atomic E-state index is 10.8. The Kier molecular flexibility index (Phi) is 3.63. The summed E-state index contributed by atoms with van der Waals surface area (Å²) in [4.78, 5) is 11.5. The second-order valence-electron chi connectivity index (χ2n) is 4.34. The number of hydrogen-bond donors (Lipinski definition) is 0. The van der Waals surface area contributed by atoms with Gasteiger partial charge in [-0.15, -0.1) is 11.3 Å². The van der Waals surface area contributed by atoms with Crippen LogP contribution in [0.4, 0.5) is 0 Å². The van der Waals surface area contributed by atoms with Crippen LogP contribution in [0.5, 0.6) is 0 Å². The summed E-state index contributed by atoms with van der Waals surface area (Å²) in [6.07, 6.45) is 1.44. The number of benzene rings is 1. The molecule has 1 unspecified atom stereocenters. The third-order valence-electron chi connectivity index (χ3n) is 3.18. The average Bonchev–Trinajstić information content (AvgIpc) is 2.79. The fraction of sp³-hybridized carbons (Fsp3) is 0.214. The van der Waals surface area contributed by atoms with Gasteiger partial charge in [0.2, 0.25) is 0 Å². The summed E-state index contributed by atoms with van der Waals surface area (Å²) in [5, 5.41) is 0.677. The smallest absolute Gasteiger partial charge is 0.160 e. The molecule has 0 N–H and O–H groups in total. The van der Waals surface area contributed by atoms with E-state index in [4.69, 9.17) is 27.9 Å². The van der Waals surface area contributed by atoms with Gasteiger partial charge in [0.1, 0.15) is 6.10 Å². The molecule has 2 aromatic rings. The molecule has 0 saturated heterocycles. The Morgan fingerprint density at radius 2 is 2.11 bits per heavy atom. The van der Waals surface area contributed by atoms with Crippen LogP contribution in [-0.4, -0.2) is 12.9 Å². The van der Waals surface area contributed by atoms with Crippen LogP contribution in [0.2, 0.25) is 9.36 Å². The Morgan fingerprint density at radius 3 is 2.84 bits per heavy atom. The summed E-state index contributed by atoms with van der Waals surface area (Å²) in [7, 11) is 0.